The van der Waals surface area contributed by atoms with Gasteiger partial charge in [0.05, 0.1) is 0 Å². The molecule has 1 atom stereocenters. The molecule has 2 rings (SSSR count). The maximum Gasteiger partial charge on any atom is 0.244 e. The molecule has 1 unspecified atom stereocenters. The third-order valence-electron chi connectivity index (χ3n) is 2.91. The van der Waals surface area contributed by atoms with E-state index in [0.717, 1.165) is 14.5 Å². The van der Waals surface area contributed by atoms with Gasteiger partial charge in [-0.1, -0.05) is 6.07 Å². The van der Waals surface area contributed by atoms with E-state index in [-0.39, 0.29) is 5.82 Å². The molecule has 2 aromatic carbocycles. The monoisotopic (exact) mass is 414 g/mol. The van der Waals surface area contributed by atoms with Crippen LogP contribution in [0, 0.1) is 12.7 Å². The SMILES string of the molecule is Cc1cc(F)cc(NC(C(N)=O)c2ccc(Br)c(Br)c2)c1. The number of hydrogen-bond donors (Lipinski definition) is 2. The molecular formula is C15H13Br2FN2O. The Labute approximate surface area is 139 Å². The van der Waals surface area contributed by atoms with Gasteiger partial charge in [0.25, 0.3) is 0 Å². The Hall–Kier alpha value is -1.40. The van der Waals surface area contributed by atoms with Gasteiger partial charge >= 0.3 is 0 Å². The number of aryl methyl sites for hydroxylation is 1. The molecule has 0 radical (unpaired) electrons. The Morgan fingerprint density at radius 1 is 1.19 bits per heavy atom. The Bertz CT molecular complexity index is 671. The fraction of sp³-hybridized carbons (Fsp3) is 0.133. The van der Waals surface area contributed by atoms with Crippen molar-refractivity contribution < 1.29 is 9.18 Å². The summed E-state index contributed by atoms with van der Waals surface area (Å²) >= 11 is 6.75. The summed E-state index contributed by atoms with van der Waals surface area (Å²) < 4.78 is 15.1. The maximum atomic E-state index is 13.4. The first-order chi connectivity index (χ1) is 9.86. The third kappa shape index (κ3) is 4.04. The van der Waals surface area contributed by atoms with Crippen LogP contribution in [0.5, 0.6) is 0 Å². The molecule has 0 heterocycles. The fourth-order valence-corrected chi connectivity index (χ4v) is 2.64. The Kier molecular flexibility index (Phi) is 5.00. The number of rotatable bonds is 4. The number of hydrogen-bond acceptors (Lipinski definition) is 2. The average molecular weight is 416 g/mol. The number of carbonyl (C=O) groups is 1. The molecule has 110 valence electrons. The van der Waals surface area contributed by atoms with E-state index in [1.165, 1.54) is 12.1 Å². The summed E-state index contributed by atoms with van der Waals surface area (Å²) in [6, 6.07) is 9.15. The van der Waals surface area contributed by atoms with E-state index in [9.17, 15) is 9.18 Å². The molecule has 0 saturated heterocycles. The summed E-state index contributed by atoms with van der Waals surface area (Å²) in [5.41, 5.74) is 7.42. The molecule has 0 spiro atoms. The lowest BCUT2D eigenvalue weighted by Gasteiger charge is -2.18. The molecule has 0 fully saturated rings. The van der Waals surface area contributed by atoms with Crippen molar-refractivity contribution >= 4 is 43.5 Å². The van der Waals surface area contributed by atoms with Gasteiger partial charge in [-0.3, -0.25) is 4.79 Å². The number of halogens is 3. The predicted molar refractivity (Wildman–Crippen MR) is 88.5 cm³/mol. The molecule has 0 bridgehead atoms. The first-order valence-electron chi connectivity index (χ1n) is 6.15. The molecule has 6 heteroatoms. The zero-order chi connectivity index (χ0) is 15.6. The van der Waals surface area contributed by atoms with Gasteiger partial charge in [0.1, 0.15) is 11.9 Å². The van der Waals surface area contributed by atoms with Gasteiger partial charge in [0.15, 0.2) is 0 Å². The van der Waals surface area contributed by atoms with Gasteiger partial charge in [-0.25, -0.2) is 4.39 Å². The van der Waals surface area contributed by atoms with Gasteiger partial charge < -0.3 is 11.1 Å². The number of amides is 1. The Morgan fingerprint density at radius 3 is 2.48 bits per heavy atom. The number of anilines is 1. The quantitative estimate of drug-likeness (QED) is 0.782. The van der Waals surface area contributed by atoms with Crippen molar-refractivity contribution in [3.8, 4) is 0 Å². The summed E-state index contributed by atoms with van der Waals surface area (Å²) in [4.78, 5) is 11.7. The molecule has 0 aliphatic rings. The maximum absolute atomic E-state index is 13.4. The summed E-state index contributed by atoms with van der Waals surface area (Å²) in [6.45, 7) is 1.78. The number of carbonyl (C=O) groups excluding carboxylic acids is 1. The number of benzene rings is 2. The van der Waals surface area contributed by atoms with Crippen molar-refractivity contribution in [2.24, 2.45) is 5.73 Å². The van der Waals surface area contributed by atoms with E-state index in [2.05, 4.69) is 37.2 Å². The molecule has 0 aromatic heterocycles. The summed E-state index contributed by atoms with van der Waals surface area (Å²) in [7, 11) is 0. The Morgan fingerprint density at radius 2 is 1.90 bits per heavy atom. The lowest BCUT2D eigenvalue weighted by molar-refractivity contribution is -0.118. The second kappa shape index (κ2) is 6.58. The lowest BCUT2D eigenvalue weighted by atomic mass is 10.1. The standard InChI is InChI=1S/C15H13Br2FN2O/c1-8-4-10(18)7-11(5-8)20-14(15(19)21)9-2-3-12(16)13(17)6-9/h2-7,14,20H,1H3,(H2,19,21). The van der Waals surface area contributed by atoms with Crippen molar-refractivity contribution in [3.63, 3.8) is 0 Å². The van der Waals surface area contributed by atoms with Crippen molar-refractivity contribution in [3.05, 3.63) is 62.3 Å². The summed E-state index contributed by atoms with van der Waals surface area (Å²) in [5.74, 6) is -0.899. The third-order valence-corrected chi connectivity index (χ3v) is 4.79. The molecule has 0 saturated carbocycles. The van der Waals surface area contributed by atoms with Crippen LogP contribution in [0.3, 0.4) is 0 Å². The van der Waals surface area contributed by atoms with Crippen LogP contribution < -0.4 is 11.1 Å². The normalized spacial score (nSPS) is 12.0. The molecule has 0 aliphatic carbocycles. The second-order valence-electron chi connectivity index (χ2n) is 4.67. The van der Waals surface area contributed by atoms with Crippen LogP contribution >= 0.6 is 31.9 Å². The minimum atomic E-state index is -0.740. The number of nitrogens with one attached hydrogen (secondary N) is 1. The van der Waals surface area contributed by atoms with Crippen LogP contribution in [-0.2, 0) is 4.79 Å². The van der Waals surface area contributed by atoms with Crippen LogP contribution in [0.1, 0.15) is 17.2 Å². The van der Waals surface area contributed by atoms with Crippen molar-refractivity contribution in [2.75, 3.05) is 5.32 Å². The average Bonchev–Trinajstić information content (AvgIpc) is 2.38. The van der Waals surface area contributed by atoms with Crippen molar-refractivity contribution in [1.82, 2.24) is 0 Å². The molecule has 3 N–H and O–H groups in total. The first kappa shape index (κ1) is 16.0. The topological polar surface area (TPSA) is 55.1 Å². The number of nitrogens with two attached hydrogens (primary N) is 1. The molecule has 0 aliphatic heterocycles. The number of primary amides is 1. The Balaban J connectivity index is 2.35. The predicted octanol–water partition coefficient (Wildman–Crippen LogP) is 4.30. The zero-order valence-electron chi connectivity index (χ0n) is 11.2. The summed E-state index contributed by atoms with van der Waals surface area (Å²) in [5, 5.41) is 2.97. The van der Waals surface area contributed by atoms with E-state index in [0.29, 0.717) is 11.3 Å². The van der Waals surface area contributed by atoms with E-state index >= 15 is 0 Å². The van der Waals surface area contributed by atoms with E-state index in [1.807, 2.05) is 6.07 Å². The molecule has 2 aromatic rings. The van der Waals surface area contributed by atoms with Gasteiger partial charge in [0, 0.05) is 14.6 Å². The lowest BCUT2D eigenvalue weighted by Crippen LogP contribution is -2.27. The molecule has 1 amide bonds. The van der Waals surface area contributed by atoms with Gasteiger partial charge in [0.2, 0.25) is 5.91 Å². The first-order valence-corrected chi connectivity index (χ1v) is 7.73. The summed E-state index contributed by atoms with van der Waals surface area (Å²) in [6.07, 6.45) is 0. The minimum Gasteiger partial charge on any atom is -0.370 e. The van der Waals surface area contributed by atoms with E-state index in [4.69, 9.17) is 5.73 Å². The largest absolute Gasteiger partial charge is 0.370 e. The van der Waals surface area contributed by atoms with Gasteiger partial charge in [-0.05, 0) is 80.2 Å². The van der Waals surface area contributed by atoms with Crippen LogP contribution in [0.2, 0.25) is 0 Å². The van der Waals surface area contributed by atoms with Gasteiger partial charge in [-0.15, -0.1) is 0 Å². The zero-order valence-corrected chi connectivity index (χ0v) is 14.3. The van der Waals surface area contributed by atoms with Crippen molar-refractivity contribution in [1.29, 1.82) is 0 Å². The van der Waals surface area contributed by atoms with E-state index < -0.39 is 11.9 Å². The van der Waals surface area contributed by atoms with Crippen molar-refractivity contribution in [2.45, 2.75) is 13.0 Å². The van der Waals surface area contributed by atoms with Crippen LogP contribution in [0.25, 0.3) is 0 Å². The molecule has 21 heavy (non-hydrogen) atoms. The van der Waals surface area contributed by atoms with Crippen LogP contribution in [0.15, 0.2) is 45.3 Å². The highest BCUT2D eigenvalue weighted by Crippen LogP contribution is 2.28. The molecular weight excluding hydrogens is 403 g/mol. The van der Waals surface area contributed by atoms with Crippen LogP contribution in [0.4, 0.5) is 10.1 Å². The minimum absolute atomic E-state index is 0.363. The van der Waals surface area contributed by atoms with Crippen LogP contribution in [-0.4, -0.2) is 5.91 Å². The highest BCUT2D eigenvalue weighted by atomic mass is 79.9. The highest BCUT2D eigenvalue weighted by Gasteiger charge is 2.19. The smallest absolute Gasteiger partial charge is 0.244 e. The second-order valence-corrected chi connectivity index (χ2v) is 6.38. The molecule has 3 nitrogen and oxygen atoms in total. The van der Waals surface area contributed by atoms with E-state index in [1.54, 1.807) is 25.1 Å². The van der Waals surface area contributed by atoms with Gasteiger partial charge in [-0.2, -0.15) is 0 Å². The highest BCUT2D eigenvalue weighted by molar-refractivity contribution is 9.13. The fourth-order valence-electron chi connectivity index (χ4n) is 2.00.